The van der Waals surface area contributed by atoms with E-state index in [1.165, 1.54) is 18.3 Å². The van der Waals surface area contributed by atoms with Crippen LogP contribution in [0.1, 0.15) is 10.4 Å². The maximum Gasteiger partial charge on any atom is 0.335 e. The second-order valence-electron chi connectivity index (χ2n) is 3.38. The number of carboxylic acid groups (broad SMARTS) is 1. The zero-order chi connectivity index (χ0) is 13.1. The molecule has 1 aromatic carbocycles. The van der Waals surface area contributed by atoms with Crippen molar-refractivity contribution < 1.29 is 14.3 Å². The fourth-order valence-corrected chi connectivity index (χ4v) is 2.24. The van der Waals surface area contributed by atoms with Gasteiger partial charge in [0.1, 0.15) is 5.03 Å². The number of pyridine rings is 1. The van der Waals surface area contributed by atoms with Crippen molar-refractivity contribution in [1.82, 2.24) is 4.98 Å². The van der Waals surface area contributed by atoms with Crippen LogP contribution in [-0.2, 0) is 0 Å². The first-order chi connectivity index (χ1) is 8.56. The molecule has 1 heterocycles. The summed E-state index contributed by atoms with van der Waals surface area (Å²) in [5, 5.41) is 9.22. The van der Waals surface area contributed by atoms with Crippen LogP contribution in [0.15, 0.2) is 46.5 Å². The highest BCUT2D eigenvalue weighted by Gasteiger charge is 2.09. The molecule has 1 N–H and O–H groups in total. The topological polar surface area (TPSA) is 50.2 Å². The Morgan fingerprint density at radius 3 is 2.83 bits per heavy atom. The van der Waals surface area contributed by atoms with Crippen LogP contribution < -0.4 is 0 Å². The molecule has 0 saturated carbocycles. The maximum absolute atomic E-state index is 13.5. The fraction of sp³-hybridized carbons (Fsp3) is 0. The summed E-state index contributed by atoms with van der Waals surface area (Å²) >= 11 is 6.64. The average Bonchev–Trinajstić information content (AvgIpc) is 2.33. The standard InChI is InChI=1S/C12H7ClFNO2S/c13-8-5-10(14)11(15-6-8)18-9-3-1-2-7(4-9)12(16)17/h1-6H,(H,16,17). The summed E-state index contributed by atoms with van der Waals surface area (Å²) in [6.07, 6.45) is 1.34. The first kappa shape index (κ1) is 12.9. The van der Waals surface area contributed by atoms with Gasteiger partial charge < -0.3 is 5.11 Å². The highest BCUT2D eigenvalue weighted by atomic mass is 35.5. The lowest BCUT2D eigenvalue weighted by Crippen LogP contribution is -1.95. The van der Waals surface area contributed by atoms with Crippen molar-refractivity contribution in [3.63, 3.8) is 0 Å². The van der Waals surface area contributed by atoms with Gasteiger partial charge in [0, 0.05) is 11.1 Å². The van der Waals surface area contributed by atoms with Crippen molar-refractivity contribution in [2.45, 2.75) is 9.92 Å². The van der Waals surface area contributed by atoms with Gasteiger partial charge in [-0.25, -0.2) is 14.2 Å². The van der Waals surface area contributed by atoms with E-state index in [1.807, 2.05) is 0 Å². The van der Waals surface area contributed by atoms with Gasteiger partial charge >= 0.3 is 5.97 Å². The molecule has 0 aliphatic carbocycles. The first-order valence-corrected chi connectivity index (χ1v) is 6.08. The van der Waals surface area contributed by atoms with E-state index in [0.29, 0.717) is 4.90 Å². The second-order valence-corrected chi connectivity index (χ2v) is 4.87. The Hall–Kier alpha value is -1.59. The van der Waals surface area contributed by atoms with Crippen molar-refractivity contribution >= 4 is 29.3 Å². The van der Waals surface area contributed by atoms with Gasteiger partial charge in [0.05, 0.1) is 10.6 Å². The Kier molecular flexibility index (Phi) is 3.84. The second kappa shape index (κ2) is 5.37. The van der Waals surface area contributed by atoms with Gasteiger partial charge in [-0.2, -0.15) is 0 Å². The zero-order valence-electron chi connectivity index (χ0n) is 8.93. The molecule has 0 saturated heterocycles. The Morgan fingerprint density at radius 1 is 1.39 bits per heavy atom. The van der Waals surface area contributed by atoms with E-state index in [-0.39, 0.29) is 15.6 Å². The molecule has 0 radical (unpaired) electrons. The molecule has 0 amide bonds. The molecular formula is C12H7ClFNO2S. The van der Waals surface area contributed by atoms with Crippen molar-refractivity contribution in [3.05, 3.63) is 52.9 Å². The van der Waals surface area contributed by atoms with Crippen LogP contribution in [0.3, 0.4) is 0 Å². The van der Waals surface area contributed by atoms with E-state index in [1.54, 1.807) is 12.1 Å². The number of benzene rings is 1. The van der Waals surface area contributed by atoms with Gasteiger partial charge in [-0.15, -0.1) is 0 Å². The summed E-state index contributed by atoms with van der Waals surface area (Å²) in [4.78, 5) is 15.3. The molecule has 0 spiro atoms. The number of hydrogen-bond acceptors (Lipinski definition) is 3. The van der Waals surface area contributed by atoms with E-state index < -0.39 is 11.8 Å². The average molecular weight is 284 g/mol. The van der Waals surface area contributed by atoms with Gasteiger partial charge in [-0.3, -0.25) is 0 Å². The normalized spacial score (nSPS) is 10.3. The molecule has 0 fully saturated rings. The fourth-order valence-electron chi connectivity index (χ4n) is 1.28. The molecule has 18 heavy (non-hydrogen) atoms. The molecule has 0 aliphatic rings. The van der Waals surface area contributed by atoms with E-state index in [9.17, 15) is 9.18 Å². The van der Waals surface area contributed by atoms with Gasteiger partial charge in [0.15, 0.2) is 5.82 Å². The molecule has 2 aromatic rings. The number of carboxylic acids is 1. The van der Waals surface area contributed by atoms with Crippen molar-refractivity contribution in [1.29, 1.82) is 0 Å². The number of hydrogen-bond donors (Lipinski definition) is 1. The maximum atomic E-state index is 13.5. The molecule has 0 atom stereocenters. The smallest absolute Gasteiger partial charge is 0.335 e. The summed E-state index contributed by atoms with van der Waals surface area (Å²) in [7, 11) is 0. The van der Waals surface area contributed by atoms with Gasteiger partial charge in [0.25, 0.3) is 0 Å². The molecule has 0 unspecified atom stereocenters. The number of nitrogens with zero attached hydrogens (tertiary/aromatic N) is 1. The lowest BCUT2D eigenvalue weighted by Gasteiger charge is -2.03. The molecule has 92 valence electrons. The van der Waals surface area contributed by atoms with Crippen LogP contribution in [0.2, 0.25) is 5.02 Å². The van der Waals surface area contributed by atoms with Crippen LogP contribution in [0.25, 0.3) is 0 Å². The minimum atomic E-state index is -1.03. The molecule has 6 heteroatoms. The summed E-state index contributed by atoms with van der Waals surface area (Å²) in [5.74, 6) is -1.56. The number of carbonyl (C=O) groups is 1. The Bertz CT molecular complexity index is 606. The highest BCUT2D eigenvalue weighted by molar-refractivity contribution is 7.99. The van der Waals surface area contributed by atoms with Crippen molar-refractivity contribution in [3.8, 4) is 0 Å². The van der Waals surface area contributed by atoms with Crippen molar-refractivity contribution in [2.75, 3.05) is 0 Å². The van der Waals surface area contributed by atoms with Crippen LogP contribution in [0.5, 0.6) is 0 Å². The van der Waals surface area contributed by atoms with Gasteiger partial charge in [-0.1, -0.05) is 29.4 Å². The minimum Gasteiger partial charge on any atom is -0.478 e. The van der Waals surface area contributed by atoms with Gasteiger partial charge in [-0.05, 0) is 24.3 Å². The SMILES string of the molecule is O=C(O)c1cccc(Sc2ncc(Cl)cc2F)c1. The molecule has 1 aromatic heterocycles. The van der Waals surface area contributed by atoms with E-state index in [4.69, 9.17) is 16.7 Å². The quantitative estimate of drug-likeness (QED) is 0.932. The Morgan fingerprint density at radius 2 is 2.17 bits per heavy atom. The Labute approximate surface area is 112 Å². The third kappa shape index (κ3) is 3.00. The number of aromatic nitrogens is 1. The predicted molar refractivity (Wildman–Crippen MR) is 66.7 cm³/mol. The summed E-state index contributed by atoms with van der Waals surface area (Å²) in [6.45, 7) is 0. The summed E-state index contributed by atoms with van der Waals surface area (Å²) in [5.41, 5.74) is 0.148. The summed E-state index contributed by atoms with van der Waals surface area (Å²) < 4.78 is 13.5. The predicted octanol–water partition coefficient (Wildman–Crippen LogP) is 3.72. The lowest BCUT2D eigenvalue weighted by molar-refractivity contribution is 0.0696. The number of halogens is 2. The first-order valence-electron chi connectivity index (χ1n) is 4.88. The van der Waals surface area contributed by atoms with Crippen LogP contribution in [-0.4, -0.2) is 16.1 Å². The van der Waals surface area contributed by atoms with Crippen LogP contribution in [0, 0.1) is 5.82 Å². The third-order valence-electron chi connectivity index (χ3n) is 2.07. The molecule has 2 rings (SSSR count). The van der Waals surface area contributed by atoms with Gasteiger partial charge in [0.2, 0.25) is 0 Å². The van der Waals surface area contributed by atoms with Crippen molar-refractivity contribution in [2.24, 2.45) is 0 Å². The molecule has 3 nitrogen and oxygen atoms in total. The lowest BCUT2D eigenvalue weighted by atomic mass is 10.2. The highest BCUT2D eigenvalue weighted by Crippen LogP contribution is 2.29. The molecular weight excluding hydrogens is 277 g/mol. The molecule has 0 aliphatic heterocycles. The third-order valence-corrected chi connectivity index (χ3v) is 3.26. The number of aromatic carboxylic acids is 1. The number of rotatable bonds is 3. The monoisotopic (exact) mass is 283 g/mol. The zero-order valence-corrected chi connectivity index (χ0v) is 10.5. The van der Waals surface area contributed by atoms with Crippen LogP contribution >= 0.6 is 23.4 Å². The van der Waals surface area contributed by atoms with E-state index in [2.05, 4.69) is 4.98 Å². The van der Waals surface area contributed by atoms with E-state index >= 15 is 0 Å². The Balaban J connectivity index is 2.28. The van der Waals surface area contributed by atoms with E-state index in [0.717, 1.165) is 17.8 Å². The molecule has 0 bridgehead atoms. The largest absolute Gasteiger partial charge is 0.478 e. The summed E-state index contributed by atoms with van der Waals surface area (Å²) in [6, 6.07) is 7.38. The van der Waals surface area contributed by atoms with Crippen LogP contribution in [0.4, 0.5) is 4.39 Å². The minimum absolute atomic E-state index is 0.148.